The zero-order valence-electron chi connectivity index (χ0n) is 8.74. The van der Waals surface area contributed by atoms with Gasteiger partial charge in [-0.1, -0.05) is 6.07 Å². The summed E-state index contributed by atoms with van der Waals surface area (Å²) in [6, 6.07) is 10.5. The summed E-state index contributed by atoms with van der Waals surface area (Å²) in [5.74, 6) is -0.223. The van der Waals surface area contributed by atoms with E-state index in [1.54, 1.807) is 17.4 Å². The van der Waals surface area contributed by atoms with Crippen molar-refractivity contribution in [3.05, 3.63) is 52.0 Å². The molecular formula is C12H13FN2S. The maximum absolute atomic E-state index is 12.9. The van der Waals surface area contributed by atoms with Gasteiger partial charge in [-0.05, 0) is 30.3 Å². The van der Waals surface area contributed by atoms with Gasteiger partial charge in [0.2, 0.25) is 0 Å². The summed E-state index contributed by atoms with van der Waals surface area (Å²) in [6.45, 7) is 1.28. The molecule has 0 saturated heterocycles. The first kappa shape index (κ1) is 11.1. The van der Waals surface area contributed by atoms with Crippen LogP contribution < -0.4 is 11.1 Å². The van der Waals surface area contributed by atoms with Crippen LogP contribution in [-0.2, 0) is 13.1 Å². The van der Waals surface area contributed by atoms with Gasteiger partial charge >= 0.3 is 0 Å². The van der Waals surface area contributed by atoms with Gasteiger partial charge < -0.3 is 11.1 Å². The molecule has 0 bridgehead atoms. The highest BCUT2D eigenvalue weighted by molar-refractivity contribution is 7.11. The van der Waals surface area contributed by atoms with Gasteiger partial charge in [0.05, 0.1) is 0 Å². The number of nitrogens with two attached hydrogens (primary N) is 1. The van der Waals surface area contributed by atoms with Crippen molar-refractivity contribution in [2.24, 2.45) is 5.73 Å². The van der Waals surface area contributed by atoms with Crippen LogP contribution in [0.15, 0.2) is 36.4 Å². The summed E-state index contributed by atoms with van der Waals surface area (Å²) in [5.41, 5.74) is 6.32. The highest BCUT2D eigenvalue weighted by atomic mass is 32.1. The van der Waals surface area contributed by atoms with Crippen LogP contribution in [0.1, 0.15) is 9.75 Å². The molecule has 0 aliphatic rings. The largest absolute Gasteiger partial charge is 0.380 e. The molecule has 0 aliphatic carbocycles. The zero-order chi connectivity index (χ0) is 11.4. The Morgan fingerprint density at radius 3 is 2.69 bits per heavy atom. The number of halogens is 1. The molecule has 0 amide bonds. The zero-order valence-corrected chi connectivity index (χ0v) is 9.56. The Morgan fingerprint density at radius 2 is 2.00 bits per heavy atom. The predicted molar refractivity (Wildman–Crippen MR) is 65.9 cm³/mol. The maximum Gasteiger partial charge on any atom is 0.125 e. The number of benzene rings is 1. The van der Waals surface area contributed by atoms with Crippen LogP contribution in [0.4, 0.5) is 10.1 Å². The third-order valence-corrected chi connectivity index (χ3v) is 3.32. The second-order valence-electron chi connectivity index (χ2n) is 3.44. The minimum absolute atomic E-state index is 0.223. The van der Waals surface area contributed by atoms with Crippen LogP contribution in [0.3, 0.4) is 0 Å². The summed E-state index contributed by atoms with van der Waals surface area (Å²) in [7, 11) is 0. The average Bonchev–Trinajstić information content (AvgIpc) is 2.74. The van der Waals surface area contributed by atoms with Gasteiger partial charge in [-0.15, -0.1) is 11.3 Å². The summed E-state index contributed by atoms with van der Waals surface area (Å²) in [6.07, 6.45) is 0. The summed E-state index contributed by atoms with van der Waals surface area (Å²) >= 11 is 1.68. The van der Waals surface area contributed by atoms with E-state index >= 15 is 0 Å². The third-order valence-electron chi connectivity index (χ3n) is 2.21. The van der Waals surface area contributed by atoms with E-state index in [9.17, 15) is 4.39 Å². The van der Waals surface area contributed by atoms with E-state index in [1.165, 1.54) is 17.0 Å². The molecule has 16 heavy (non-hydrogen) atoms. The van der Waals surface area contributed by atoms with Gasteiger partial charge in [0, 0.05) is 28.5 Å². The molecule has 0 unspecified atom stereocenters. The lowest BCUT2D eigenvalue weighted by atomic mass is 10.3. The van der Waals surface area contributed by atoms with Crippen LogP contribution >= 0.6 is 11.3 Å². The van der Waals surface area contributed by atoms with Crippen molar-refractivity contribution in [3.63, 3.8) is 0 Å². The molecule has 0 fully saturated rings. The highest BCUT2D eigenvalue weighted by Gasteiger charge is 1.99. The minimum Gasteiger partial charge on any atom is -0.380 e. The fraction of sp³-hybridized carbons (Fsp3) is 0.167. The van der Waals surface area contributed by atoms with Crippen molar-refractivity contribution in [2.45, 2.75) is 13.1 Å². The van der Waals surface area contributed by atoms with Crippen molar-refractivity contribution >= 4 is 17.0 Å². The molecule has 0 radical (unpaired) electrons. The highest BCUT2D eigenvalue weighted by Crippen LogP contribution is 2.18. The smallest absolute Gasteiger partial charge is 0.125 e. The monoisotopic (exact) mass is 236 g/mol. The quantitative estimate of drug-likeness (QED) is 0.856. The Hall–Kier alpha value is -1.39. The van der Waals surface area contributed by atoms with Crippen molar-refractivity contribution in [2.75, 3.05) is 5.32 Å². The number of rotatable bonds is 4. The molecule has 2 aromatic rings. The van der Waals surface area contributed by atoms with Gasteiger partial charge in [-0.2, -0.15) is 0 Å². The number of hydrogen-bond acceptors (Lipinski definition) is 3. The van der Waals surface area contributed by atoms with Gasteiger partial charge in [-0.25, -0.2) is 4.39 Å². The number of thiophene rings is 1. The van der Waals surface area contributed by atoms with Crippen LogP contribution in [0.5, 0.6) is 0 Å². The number of nitrogens with one attached hydrogen (secondary N) is 1. The Balaban J connectivity index is 1.96. The van der Waals surface area contributed by atoms with E-state index in [0.717, 1.165) is 10.6 Å². The minimum atomic E-state index is -0.223. The first-order chi connectivity index (χ1) is 7.78. The first-order valence-electron chi connectivity index (χ1n) is 5.05. The van der Waals surface area contributed by atoms with E-state index in [0.29, 0.717) is 13.1 Å². The molecular weight excluding hydrogens is 223 g/mol. The lowest BCUT2D eigenvalue weighted by molar-refractivity contribution is 0.628. The van der Waals surface area contributed by atoms with Crippen LogP contribution in [0, 0.1) is 5.82 Å². The molecule has 0 spiro atoms. The van der Waals surface area contributed by atoms with Gasteiger partial charge in [0.15, 0.2) is 0 Å². The SMILES string of the molecule is NCc1ccc(CNc2cccc(F)c2)s1. The lowest BCUT2D eigenvalue weighted by Gasteiger charge is -2.04. The molecule has 3 N–H and O–H groups in total. The molecule has 2 nitrogen and oxygen atoms in total. The van der Waals surface area contributed by atoms with Gasteiger partial charge in [0.1, 0.15) is 5.82 Å². The van der Waals surface area contributed by atoms with Crippen LogP contribution in [0.25, 0.3) is 0 Å². The van der Waals surface area contributed by atoms with Crippen molar-refractivity contribution < 1.29 is 4.39 Å². The standard InChI is InChI=1S/C12H13FN2S/c13-9-2-1-3-10(6-9)15-8-12-5-4-11(7-14)16-12/h1-6,15H,7-8,14H2. The predicted octanol–water partition coefficient (Wildman–Crippen LogP) is 2.96. The van der Waals surface area contributed by atoms with Gasteiger partial charge in [0.25, 0.3) is 0 Å². The average molecular weight is 236 g/mol. The summed E-state index contributed by atoms with van der Waals surface area (Å²) in [5, 5.41) is 3.17. The third kappa shape index (κ3) is 2.81. The van der Waals surface area contributed by atoms with Crippen molar-refractivity contribution in [1.29, 1.82) is 0 Å². The van der Waals surface area contributed by atoms with Crippen molar-refractivity contribution in [3.8, 4) is 0 Å². The fourth-order valence-corrected chi connectivity index (χ4v) is 2.25. The van der Waals surface area contributed by atoms with Gasteiger partial charge in [-0.3, -0.25) is 0 Å². The molecule has 2 rings (SSSR count). The van der Waals surface area contributed by atoms with E-state index in [4.69, 9.17) is 5.73 Å². The van der Waals surface area contributed by atoms with Crippen LogP contribution in [0.2, 0.25) is 0 Å². The Morgan fingerprint density at radius 1 is 1.19 bits per heavy atom. The molecule has 84 valence electrons. The molecule has 4 heteroatoms. The van der Waals surface area contributed by atoms with E-state index in [1.807, 2.05) is 18.2 Å². The summed E-state index contributed by atoms with van der Waals surface area (Å²) < 4.78 is 12.9. The fourth-order valence-electron chi connectivity index (χ4n) is 1.41. The second kappa shape index (κ2) is 5.09. The Kier molecular flexibility index (Phi) is 3.54. The number of hydrogen-bond donors (Lipinski definition) is 2. The normalized spacial score (nSPS) is 10.4. The second-order valence-corrected chi connectivity index (χ2v) is 4.69. The molecule has 1 heterocycles. The topological polar surface area (TPSA) is 38.0 Å². The first-order valence-corrected chi connectivity index (χ1v) is 5.86. The molecule has 1 aromatic carbocycles. The lowest BCUT2D eigenvalue weighted by Crippen LogP contribution is -1.97. The molecule has 0 saturated carbocycles. The number of anilines is 1. The van der Waals surface area contributed by atoms with E-state index < -0.39 is 0 Å². The van der Waals surface area contributed by atoms with E-state index in [-0.39, 0.29) is 5.82 Å². The van der Waals surface area contributed by atoms with E-state index in [2.05, 4.69) is 5.32 Å². The molecule has 0 atom stereocenters. The van der Waals surface area contributed by atoms with Crippen molar-refractivity contribution in [1.82, 2.24) is 0 Å². The molecule has 0 aliphatic heterocycles. The molecule has 1 aromatic heterocycles. The summed E-state index contributed by atoms with van der Waals surface area (Å²) in [4.78, 5) is 2.36. The van der Waals surface area contributed by atoms with Crippen LogP contribution in [-0.4, -0.2) is 0 Å². The Labute approximate surface area is 97.9 Å². The maximum atomic E-state index is 12.9. The Bertz CT molecular complexity index is 468.